The molecule has 0 bridgehead atoms. The maximum atomic E-state index is 14.6. The van der Waals surface area contributed by atoms with Crippen molar-refractivity contribution >= 4 is 32.5 Å². The first-order valence-corrected chi connectivity index (χ1v) is 16.4. The van der Waals surface area contributed by atoms with Crippen LogP contribution in [0.15, 0.2) is 127 Å². The van der Waals surface area contributed by atoms with Crippen LogP contribution < -0.4 is 4.74 Å². The molecule has 1 aliphatic rings. The van der Waals surface area contributed by atoms with Crippen molar-refractivity contribution in [2.24, 2.45) is 0 Å². The van der Waals surface area contributed by atoms with Crippen molar-refractivity contribution < 1.29 is 22.7 Å². The van der Waals surface area contributed by atoms with Crippen LogP contribution in [0.1, 0.15) is 48.5 Å². The summed E-state index contributed by atoms with van der Waals surface area (Å²) in [7, 11) is -3.97. The topological polar surface area (TPSA) is 95.3 Å². The van der Waals surface area contributed by atoms with Crippen molar-refractivity contribution in [2.75, 3.05) is 0 Å². The van der Waals surface area contributed by atoms with Crippen molar-refractivity contribution in [3.63, 3.8) is 0 Å². The molecule has 1 unspecified atom stereocenters. The largest absolute Gasteiger partial charge is 0.489 e. The van der Waals surface area contributed by atoms with E-state index in [0.29, 0.717) is 34.4 Å². The molecule has 0 N–H and O–H groups in total. The Bertz CT molecular complexity index is 2240. The van der Waals surface area contributed by atoms with Crippen molar-refractivity contribution in [1.82, 2.24) is 8.96 Å². The summed E-state index contributed by atoms with van der Waals surface area (Å²) in [5.74, 6) is -0.216. The zero-order chi connectivity index (χ0) is 32.1. The van der Waals surface area contributed by atoms with Gasteiger partial charge in [0.05, 0.1) is 10.4 Å². The Morgan fingerprint density at radius 3 is 2.22 bits per heavy atom. The smallest absolute Gasteiger partial charge is 0.268 e. The van der Waals surface area contributed by atoms with E-state index in [1.165, 1.54) is 3.97 Å². The summed E-state index contributed by atoms with van der Waals surface area (Å²) in [6.07, 6.45) is 4.92. The van der Waals surface area contributed by atoms with Gasteiger partial charge in [0, 0.05) is 35.1 Å². The van der Waals surface area contributed by atoms with Crippen LogP contribution in [0.2, 0.25) is 0 Å². The van der Waals surface area contributed by atoms with E-state index in [1.54, 1.807) is 91.4 Å². The van der Waals surface area contributed by atoms with E-state index < -0.39 is 15.4 Å². The lowest BCUT2D eigenvalue weighted by Crippen LogP contribution is -2.40. The SMILES string of the molecule is Cc1ccc(S(=O)(=O)n2cc(C)c3ccc(C4(Cc5ccncc5)C(=O)c5ccc(OCc6ccccc6)cc5C4=O)cc32)cc1. The molecule has 0 fully saturated rings. The predicted molar refractivity (Wildman–Crippen MR) is 176 cm³/mol. The lowest BCUT2D eigenvalue weighted by molar-refractivity contribution is 0.0793. The second-order valence-electron chi connectivity index (χ2n) is 11.7. The Labute approximate surface area is 267 Å². The number of aryl methyl sites for hydroxylation is 2. The van der Waals surface area contributed by atoms with Crippen LogP contribution in [0.4, 0.5) is 0 Å². The fourth-order valence-electron chi connectivity index (χ4n) is 6.28. The molecule has 6 aromatic rings. The van der Waals surface area contributed by atoms with E-state index in [-0.39, 0.29) is 28.4 Å². The zero-order valence-corrected chi connectivity index (χ0v) is 26.1. The molecular formula is C38H30N2O5S. The molecule has 8 heteroatoms. The van der Waals surface area contributed by atoms with Gasteiger partial charge >= 0.3 is 0 Å². The zero-order valence-electron chi connectivity index (χ0n) is 25.3. The van der Waals surface area contributed by atoms with Crippen LogP contribution >= 0.6 is 0 Å². The Balaban J connectivity index is 1.36. The minimum absolute atomic E-state index is 0.0813. The molecule has 0 saturated heterocycles. The quantitative estimate of drug-likeness (QED) is 0.168. The van der Waals surface area contributed by atoms with Crippen LogP contribution in [-0.4, -0.2) is 28.9 Å². The molecule has 1 aliphatic carbocycles. The fraction of sp³-hybridized carbons (Fsp3) is 0.132. The maximum Gasteiger partial charge on any atom is 0.268 e. The number of pyridine rings is 1. The Kier molecular flexibility index (Phi) is 7.17. The van der Waals surface area contributed by atoms with E-state index in [9.17, 15) is 18.0 Å². The van der Waals surface area contributed by atoms with Gasteiger partial charge in [-0.05, 0) is 91.1 Å². The monoisotopic (exact) mass is 626 g/mol. The van der Waals surface area contributed by atoms with E-state index in [2.05, 4.69) is 4.98 Å². The molecule has 4 aromatic carbocycles. The summed E-state index contributed by atoms with van der Waals surface area (Å²) in [5.41, 5.74) is 3.22. The Morgan fingerprint density at radius 1 is 0.761 bits per heavy atom. The number of nitrogens with zero attached hydrogens (tertiary/aromatic N) is 2. The van der Waals surface area contributed by atoms with Gasteiger partial charge in [-0.1, -0.05) is 60.2 Å². The third-order valence-corrected chi connectivity index (χ3v) is 10.5. The number of hydrogen-bond acceptors (Lipinski definition) is 6. The molecule has 0 radical (unpaired) electrons. The number of carbonyl (C=O) groups is 2. The number of benzene rings is 4. The number of fused-ring (bicyclic) bond motifs is 2. The van der Waals surface area contributed by atoms with Gasteiger partial charge in [-0.2, -0.15) is 0 Å². The molecular weight excluding hydrogens is 596 g/mol. The highest BCUT2D eigenvalue weighted by molar-refractivity contribution is 7.90. The van der Waals surface area contributed by atoms with Gasteiger partial charge in [0.15, 0.2) is 11.6 Å². The Hall–Kier alpha value is -5.34. The summed E-state index contributed by atoms with van der Waals surface area (Å²) in [5, 5.41) is 0.713. The molecule has 0 spiro atoms. The lowest BCUT2D eigenvalue weighted by atomic mass is 9.71. The number of aromatic nitrogens is 2. The van der Waals surface area contributed by atoms with Crippen molar-refractivity contribution in [1.29, 1.82) is 0 Å². The summed E-state index contributed by atoms with van der Waals surface area (Å²) in [4.78, 5) is 33.4. The second kappa shape index (κ2) is 11.2. The summed E-state index contributed by atoms with van der Waals surface area (Å²) in [6.45, 7) is 4.05. The molecule has 0 aliphatic heterocycles. The highest BCUT2D eigenvalue weighted by Gasteiger charge is 2.54. The molecule has 228 valence electrons. The van der Waals surface area contributed by atoms with Gasteiger partial charge in [-0.15, -0.1) is 0 Å². The molecule has 0 amide bonds. The van der Waals surface area contributed by atoms with E-state index in [4.69, 9.17) is 4.74 Å². The highest BCUT2D eigenvalue weighted by atomic mass is 32.2. The first-order chi connectivity index (χ1) is 22.2. The molecule has 2 heterocycles. The van der Waals surface area contributed by atoms with Crippen LogP contribution in [0.25, 0.3) is 10.9 Å². The third kappa shape index (κ3) is 4.82. The standard InChI is InChI=1S/C38H30N2O5S/c1-25-8-12-31(13-9-25)46(43,44)40-23-26(2)32-14-10-29(20-35(32)40)38(22-27-16-18-39-19-17-27)36(41)33-15-11-30(21-34(33)37(38)42)45-24-28-6-4-3-5-7-28/h3-21,23H,22,24H2,1-2H3. The first kappa shape index (κ1) is 29.4. The van der Waals surface area contributed by atoms with Crippen molar-refractivity contribution in [3.8, 4) is 5.75 Å². The predicted octanol–water partition coefficient (Wildman–Crippen LogP) is 7.03. The average Bonchev–Trinajstić information content (AvgIpc) is 3.52. The van der Waals surface area contributed by atoms with Crippen LogP contribution in [0, 0.1) is 13.8 Å². The second-order valence-corrected chi connectivity index (χ2v) is 13.6. The van der Waals surface area contributed by atoms with E-state index in [1.807, 2.05) is 44.2 Å². The number of rotatable bonds is 8. The van der Waals surface area contributed by atoms with Crippen molar-refractivity contribution in [3.05, 3.63) is 161 Å². The Morgan fingerprint density at radius 2 is 1.48 bits per heavy atom. The van der Waals surface area contributed by atoms with Crippen molar-refractivity contribution in [2.45, 2.75) is 37.2 Å². The molecule has 2 aromatic heterocycles. The number of hydrogen-bond donors (Lipinski definition) is 0. The van der Waals surface area contributed by atoms with Gasteiger partial charge in [-0.3, -0.25) is 14.6 Å². The van der Waals surface area contributed by atoms with Crippen LogP contribution in [0.3, 0.4) is 0 Å². The number of Topliss-reactive ketones (excluding diaryl/α,β-unsaturated/α-hetero) is 2. The molecule has 7 nitrogen and oxygen atoms in total. The van der Waals surface area contributed by atoms with Gasteiger partial charge in [0.25, 0.3) is 10.0 Å². The fourth-order valence-corrected chi connectivity index (χ4v) is 7.70. The maximum absolute atomic E-state index is 14.6. The summed E-state index contributed by atoms with van der Waals surface area (Å²) >= 11 is 0. The van der Waals surface area contributed by atoms with E-state index >= 15 is 0 Å². The molecule has 46 heavy (non-hydrogen) atoms. The number of ketones is 2. The van der Waals surface area contributed by atoms with Gasteiger partial charge in [-0.25, -0.2) is 12.4 Å². The number of ether oxygens (including phenoxy) is 1. The minimum atomic E-state index is -3.97. The molecule has 1 atom stereocenters. The van der Waals surface area contributed by atoms with Crippen LogP contribution in [-0.2, 0) is 28.5 Å². The van der Waals surface area contributed by atoms with Gasteiger partial charge in [0.2, 0.25) is 0 Å². The van der Waals surface area contributed by atoms with Gasteiger partial charge in [0.1, 0.15) is 17.8 Å². The third-order valence-electron chi connectivity index (χ3n) is 8.76. The van der Waals surface area contributed by atoms with Gasteiger partial charge < -0.3 is 4.74 Å². The van der Waals surface area contributed by atoms with Crippen LogP contribution in [0.5, 0.6) is 5.75 Å². The summed E-state index contributed by atoms with van der Waals surface area (Å²) < 4.78 is 35.0. The highest BCUT2D eigenvalue weighted by Crippen LogP contribution is 2.44. The normalized spacial score (nSPS) is 16.1. The molecule has 0 saturated carbocycles. The minimum Gasteiger partial charge on any atom is -0.489 e. The average molecular weight is 627 g/mol. The number of carbonyl (C=O) groups excluding carboxylic acids is 2. The molecule has 7 rings (SSSR count). The van der Waals surface area contributed by atoms with E-state index in [0.717, 1.165) is 22.3 Å². The lowest BCUT2D eigenvalue weighted by Gasteiger charge is -2.27. The summed E-state index contributed by atoms with van der Waals surface area (Å²) in [6, 6.07) is 30.2. The first-order valence-electron chi connectivity index (χ1n) is 14.9.